The van der Waals surface area contributed by atoms with Crippen LogP contribution in [0.5, 0.6) is 11.5 Å². The second kappa shape index (κ2) is 5.48. The van der Waals surface area contributed by atoms with Crippen LogP contribution < -0.4 is 4.74 Å². The van der Waals surface area contributed by atoms with Gasteiger partial charge in [-0.1, -0.05) is 12.1 Å². The first kappa shape index (κ1) is 13.5. The summed E-state index contributed by atoms with van der Waals surface area (Å²) in [7, 11) is 0. The molecule has 0 saturated heterocycles. The van der Waals surface area contributed by atoms with Crippen LogP contribution in [0, 0.1) is 6.92 Å². The molecule has 0 radical (unpaired) electrons. The second-order valence-electron chi connectivity index (χ2n) is 5.07. The van der Waals surface area contributed by atoms with Crippen molar-refractivity contribution in [3.8, 4) is 11.5 Å². The van der Waals surface area contributed by atoms with Crippen molar-refractivity contribution in [3.05, 3.63) is 53.9 Å². The average Bonchev–Trinajstić information content (AvgIpc) is 2.84. The summed E-state index contributed by atoms with van der Waals surface area (Å²) < 4.78 is 7.80. The minimum Gasteiger partial charge on any atom is -0.508 e. The summed E-state index contributed by atoms with van der Waals surface area (Å²) >= 11 is 0. The van der Waals surface area contributed by atoms with Crippen molar-refractivity contribution in [1.29, 1.82) is 0 Å². The monoisotopic (exact) mass is 282 g/mol. The Morgan fingerprint density at radius 1 is 1.10 bits per heavy atom. The quantitative estimate of drug-likeness (QED) is 0.794. The van der Waals surface area contributed by atoms with Gasteiger partial charge < -0.3 is 9.84 Å². The van der Waals surface area contributed by atoms with Gasteiger partial charge in [0, 0.05) is 6.54 Å². The van der Waals surface area contributed by atoms with Crippen LogP contribution in [0.4, 0.5) is 0 Å². The molecule has 3 aromatic rings. The van der Waals surface area contributed by atoms with E-state index in [1.807, 2.05) is 41.9 Å². The third-order valence-corrected chi connectivity index (χ3v) is 3.47. The maximum Gasteiger partial charge on any atom is 0.130 e. The molecule has 0 aliphatic carbocycles. The lowest BCUT2D eigenvalue weighted by Crippen LogP contribution is -2.06. The van der Waals surface area contributed by atoms with Gasteiger partial charge in [-0.05, 0) is 55.0 Å². The molecule has 3 rings (SSSR count). The molecule has 0 saturated carbocycles. The first-order valence-electron chi connectivity index (χ1n) is 7.04. The summed E-state index contributed by atoms with van der Waals surface area (Å²) in [6.07, 6.45) is 0. The van der Waals surface area contributed by atoms with E-state index in [1.54, 1.807) is 12.1 Å². The predicted octanol–water partition coefficient (Wildman–Crippen LogP) is 3.65. The van der Waals surface area contributed by atoms with Gasteiger partial charge in [-0.25, -0.2) is 0 Å². The summed E-state index contributed by atoms with van der Waals surface area (Å²) in [4.78, 5) is 0. The highest BCUT2D eigenvalue weighted by Gasteiger charge is 2.05. The van der Waals surface area contributed by atoms with Crippen molar-refractivity contribution in [3.63, 3.8) is 0 Å². The van der Waals surface area contributed by atoms with Gasteiger partial charge >= 0.3 is 0 Å². The topological polar surface area (TPSA) is 47.3 Å². The number of hydrogen-bond acceptors (Lipinski definition) is 3. The van der Waals surface area contributed by atoms with Gasteiger partial charge in [-0.15, -0.1) is 0 Å². The Morgan fingerprint density at radius 3 is 2.71 bits per heavy atom. The lowest BCUT2D eigenvalue weighted by atomic mass is 10.1. The number of hydrogen-bond donors (Lipinski definition) is 1. The first-order chi connectivity index (χ1) is 10.2. The summed E-state index contributed by atoms with van der Waals surface area (Å²) in [5, 5.41) is 16.0. The number of benzene rings is 2. The van der Waals surface area contributed by atoms with Crippen molar-refractivity contribution in [2.24, 2.45) is 0 Å². The minimum atomic E-state index is 0.263. The number of aromatic hydroxyl groups is 1. The molecular weight excluding hydrogens is 264 g/mol. The van der Waals surface area contributed by atoms with Crippen molar-refractivity contribution >= 4 is 10.8 Å². The Labute approximate surface area is 123 Å². The molecule has 0 spiro atoms. The number of ether oxygens (including phenoxy) is 1. The zero-order chi connectivity index (χ0) is 14.8. The number of phenols is 1. The van der Waals surface area contributed by atoms with Crippen LogP contribution in [-0.2, 0) is 13.2 Å². The summed E-state index contributed by atoms with van der Waals surface area (Å²) in [5.41, 5.74) is 2.06. The normalized spacial score (nSPS) is 11.0. The van der Waals surface area contributed by atoms with Gasteiger partial charge in [0.05, 0.1) is 11.4 Å². The van der Waals surface area contributed by atoms with Gasteiger partial charge in [0.25, 0.3) is 0 Å². The van der Waals surface area contributed by atoms with E-state index >= 15 is 0 Å². The molecule has 2 aromatic carbocycles. The molecule has 1 heterocycles. The SMILES string of the molecule is CCn1nc(C)cc1COc1ccc2ccc(O)cc2c1. The largest absolute Gasteiger partial charge is 0.508 e. The molecule has 4 heteroatoms. The summed E-state index contributed by atoms with van der Waals surface area (Å²) in [6, 6.07) is 13.2. The van der Waals surface area contributed by atoms with Crippen molar-refractivity contribution in [1.82, 2.24) is 9.78 Å². The Kier molecular flexibility index (Phi) is 3.52. The Hall–Kier alpha value is -2.49. The maximum absolute atomic E-state index is 9.55. The zero-order valence-electron chi connectivity index (χ0n) is 12.2. The van der Waals surface area contributed by atoms with Gasteiger partial charge in [0.2, 0.25) is 0 Å². The van der Waals surface area contributed by atoms with Gasteiger partial charge in [-0.3, -0.25) is 4.68 Å². The highest BCUT2D eigenvalue weighted by molar-refractivity contribution is 5.85. The van der Waals surface area contributed by atoms with Crippen molar-refractivity contribution in [2.45, 2.75) is 27.0 Å². The van der Waals surface area contributed by atoms with Crippen LogP contribution in [0.25, 0.3) is 10.8 Å². The van der Waals surface area contributed by atoms with E-state index in [4.69, 9.17) is 4.74 Å². The van der Waals surface area contributed by atoms with E-state index in [0.717, 1.165) is 34.5 Å². The fourth-order valence-electron chi connectivity index (χ4n) is 2.45. The lowest BCUT2D eigenvalue weighted by molar-refractivity contribution is 0.293. The molecule has 4 nitrogen and oxygen atoms in total. The van der Waals surface area contributed by atoms with E-state index in [0.29, 0.717) is 6.61 Å². The smallest absolute Gasteiger partial charge is 0.130 e. The molecule has 1 N–H and O–H groups in total. The van der Waals surface area contributed by atoms with E-state index in [1.165, 1.54) is 0 Å². The number of phenolic OH excluding ortho intramolecular Hbond substituents is 1. The van der Waals surface area contributed by atoms with Crippen LogP contribution >= 0.6 is 0 Å². The molecule has 0 unspecified atom stereocenters. The highest BCUT2D eigenvalue weighted by Crippen LogP contribution is 2.25. The molecule has 0 amide bonds. The standard InChI is InChI=1S/C17H18N2O2/c1-3-19-15(8-12(2)18-19)11-21-17-7-5-13-4-6-16(20)9-14(13)10-17/h4-10,20H,3,11H2,1-2H3. The van der Waals surface area contributed by atoms with Gasteiger partial charge in [0.15, 0.2) is 0 Å². The highest BCUT2D eigenvalue weighted by atomic mass is 16.5. The minimum absolute atomic E-state index is 0.263. The predicted molar refractivity (Wildman–Crippen MR) is 82.6 cm³/mol. The zero-order valence-corrected chi connectivity index (χ0v) is 12.2. The average molecular weight is 282 g/mol. The molecule has 0 fully saturated rings. The lowest BCUT2D eigenvalue weighted by Gasteiger charge is -2.09. The van der Waals surface area contributed by atoms with Crippen molar-refractivity contribution in [2.75, 3.05) is 0 Å². The molecule has 108 valence electrons. The van der Waals surface area contributed by atoms with E-state index in [2.05, 4.69) is 12.0 Å². The van der Waals surface area contributed by atoms with E-state index < -0.39 is 0 Å². The van der Waals surface area contributed by atoms with E-state index in [-0.39, 0.29) is 5.75 Å². The number of rotatable bonds is 4. The summed E-state index contributed by atoms with van der Waals surface area (Å²) in [6.45, 7) is 5.36. The fourth-order valence-corrected chi connectivity index (χ4v) is 2.45. The summed E-state index contributed by atoms with van der Waals surface area (Å²) in [5.74, 6) is 1.05. The van der Waals surface area contributed by atoms with Gasteiger partial charge in [0.1, 0.15) is 18.1 Å². The molecule has 0 aliphatic rings. The van der Waals surface area contributed by atoms with E-state index in [9.17, 15) is 5.11 Å². The Bertz CT molecular complexity index is 778. The second-order valence-corrected chi connectivity index (χ2v) is 5.07. The molecule has 0 bridgehead atoms. The number of aryl methyl sites for hydroxylation is 2. The van der Waals surface area contributed by atoms with Crippen molar-refractivity contribution < 1.29 is 9.84 Å². The van der Waals surface area contributed by atoms with Crippen LogP contribution in [0.3, 0.4) is 0 Å². The molecule has 0 aliphatic heterocycles. The van der Waals surface area contributed by atoms with Crippen LogP contribution in [-0.4, -0.2) is 14.9 Å². The van der Waals surface area contributed by atoms with Crippen LogP contribution in [0.15, 0.2) is 42.5 Å². The third-order valence-electron chi connectivity index (χ3n) is 3.47. The Balaban J connectivity index is 1.81. The van der Waals surface area contributed by atoms with Crippen LogP contribution in [0.1, 0.15) is 18.3 Å². The molecule has 0 atom stereocenters. The molecule has 21 heavy (non-hydrogen) atoms. The number of nitrogens with zero attached hydrogens (tertiary/aromatic N) is 2. The number of fused-ring (bicyclic) bond motifs is 1. The first-order valence-corrected chi connectivity index (χ1v) is 7.04. The Morgan fingerprint density at radius 2 is 1.90 bits per heavy atom. The molecular formula is C17H18N2O2. The fraction of sp³-hybridized carbons (Fsp3) is 0.235. The van der Waals surface area contributed by atoms with Crippen LogP contribution in [0.2, 0.25) is 0 Å². The van der Waals surface area contributed by atoms with Gasteiger partial charge in [-0.2, -0.15) is 5.10 Å². The number of aromatic nitrogens is 2. The molecule has 1 aromatic heterocycles. The third kappa shape index (κ3) is 2.84. The maximum atomic E-state index is 9.55.